The van der Waals surface area contributed by atoms with Crippen LogP contribution in [-0.2, 0) is 0 Å². The molecule has 1 N–H and O–H groups in total. The van der Waals surface area contributed by atoms with Gasteiger partial charge in [-0.1, -0.05) is 13.8 Å². The quantitative estimate of drug-likeness (QED) is 0.530. The van der Waals surface area contributed by atoms with E-state index in [1.165, 1.54) is 0 Å². The second-order valence-electron chi connectivity index (χ2n) is 5.16. The summed E-state index contributed by atoms with van der Waals surface area (Å²) in [5, 5.41) is 3.31. The minimum Gasteiger partial charge on any atom is -0.490 e. The van der Waals surface area contributed by atoms with E-state index in [0.29, 0.717) is 42.7 Å². The average molecular weight is 293 g/mol. The van der Waals surface area contributed by atoms with Crippen LogP contribution in [-0.4, -0.2) is 31.6 Å². The van der Waals surface area contributed by atoms with Gasteiger partial charge < -0.3 is 14.8 Å². The summed E-state index contributed by atoms with van der Waals surface area (Å²) in [6, 6.07) is 5.86. The number of carbonyl (C=O) groups excluding carboxylic acids is 1. The molecule has 0 unspecified atom stereocenters. The predicted octanol–water partition coefficient (Wildman–Crippen LogP) is 3.44. The second kappa shape index (κ2) is 9.40. The van der Waals surface area contributed by atoms with Crippen molar-refractivity contribution < 1.29 is 14.3 Å². The van der Waals surface area contributed by atoms with Crippen molar-refractivity contribution in [3.05, 3.63) is 23.8 Å². The number of hydrogen-bond donors (Lipinski definition) is 1. The lowest BCUT2D eigenvalue weighted by molar-refractivity contribution is 0.0979. The highest BCUT2D eigenvalue weighted by atomic mass is 16.5. The Hall–Kier alpha value is -1.55. The molecule has 0 aliphatic carbocycles. The lowest BCUT2D eigenvalue weighted by Gasteiger charge is -2.12. The molecule has 0 saturated heterocycles. The molecule has 0 saturated carbocycles. The number of ketones is 1. The third-order valence-electron chi connectivity index (χ3n) is 3.00. The standard InChI is InChI=1S/C17H27NO3/c1-5-20-16-10-9-14(12-17(16)21-6-2)15(19)8-7-11-18-13(3)4/h9-10,12-13,18H,5-8,11H2,1-4H3. The number of Topliss-reactive ketones (excluding diaryl/α,β-unsaturated/α-hetero) is 1. The van der Waals surface area contributed by atoms with Crippen LogP contribution in [0.5, 0.6) is 11.5 Å². The van der Waals surface area contributed by atoms with Crippen LogP contribution in [0.1, 0.15) is 50.9 Å². The minimum atomic E-state index is 0.143. The molecule has 4 nitrogen and oxygen atoms in total. The van der Waals surface area contributed by atoms with Crippen LogP contribution >= 0.6 is 0 Å². The molecule has 0 heterocycles. The van der Waals surface area contributed by atoms with Crippen molar-refractivity contribution >= 4 is 5.78 Å². The minimum absolute atomic E-state index is 0.143. The largest absolute Gasteiger partial charge is 0.490 e. The van der Waals surface area contributed by atoms with E-state index in [9.17, 15) is 4.79 Å². The lowest BCUT2D eigenvalue weighted by Crippen LogP contribution is -2.24. The monoisotopic (exact) mass is 293 g/mol. The van der Waals surface area contributed by atoms with Gasteiger partial charge in [-0.15, -0.1) is 0 Å². The normalized spacial score (nSPS) is 10.7. The van der Waals surface area contributed by atoms with Gasteiger partial charge in [0.1, 0.15) is 0 Å². The molecule has 0 fully saturated rings. The smallest absolute Gasteiger partial charge is 0.163 e. The Bertz CT molecular complexity index is 444. The molecular formula is C17H27NO3. The zero-order valence-electron chi connectivity index (χ0n) is 13.6. The topological polar surface area (TPSA) is 47.6 Å². The van der Waals surface area contributed by atoms with Gasteiger partial charge in [-0.25, -0.2) is 0 Å². The van der Waals surface area contributed by atoms with E-state index in [1.807, 2.05) is 26.0 Å². The van der Waals surface area contributed by atoms with E-state index < -0.39 is 0 Å². The number of benzene rings is 1. The fourth-order valence-electron chi connectivity index (χ4n) is 2.01. The highest BCUT2D eigenvalue weighted by molar-refractivity contribution is 5.96. The maximum Gasteiger partial charge on any atom is 0.163 e. The van der Waals surface area contributed by atoms with Crippen molar-refractivity contribution in [1.82, 2.24) is 5.32 Å². The van der Waals surface area contributed by atoms with Gasteiger partial charge >= 0.3 is 0 Å². The first kappa shape index (κ1) is 17.5. The maximum atomic E-state index is 12.2. The Kier molecular flexibility index (Phi) is 7.83. The van der Waals surface area contributed by atoms with E-state index in [0.717, 1.165) is 13.0 Å². The summed E-state index contributed by atoms with van der Waals surface area (Å²) in [6.07, 6.45) is 1.38. The van der Waals surface area contributed by atoms with Gasteiger partial charge in [0.05, 0.1) is 13.2 Å². The van der Waals surface area contributed by atoms with Crippen LogP contribution in [0.25, 0.3) is 0 Å². The number of nitrogens with one attached hydrogen (secondary N) is 1. The first-order valence-electron chi connectivity index (χ1n) is 7.74. The maximum absolute atomic E-state index is 12.2. The fraction of sp³-hybridized carbons (Fsp3) is 0.588. The summed E-state index contributed by atoms with van der Waals surface area (Å²) in [4.78, 5) is 12.2. The van der Waals surface area contributed by atoms with Gasteiger partial charge in [0.2, 0.25) is 0 Å². The summed E-state index contributed by atoms with van der Waals surface area (Å²) < 4.78 is 11.1. The molecular weight excluding hydrogens is 266 g/mol. The molecule has 0 radical (unpaired) electrons. The van der Waals surface area contributed by atoms with Crippen LogP contribution in [0.3, 0.4) is 0 Å². The Morgan fingerprint density at radius 2 is 1.81 bits per heavy atom. The number of rotatable bonds is 10. The third kappa shape index (κ3) is 6.17. The molecule has 1 aromatic carbocycles. The van der Waals surface area contributed by atoms with E-state index in [4.69, 9.17) is 9.47 Å². The summed E-state index contributed by atoms with van der Waals surface area (Å²) >= 11 is 0. The molecule has 1 rings (SSSR count). The van der Waals surface area contributed by atoms with Crippen molar-refractivity contribution in [1.29, 1.82) is 0 Å². The molecule has 1 aromatic rings. The van der Waals surface area contributed by atoms with E-state index in [-0.39, 0.29) is 5.78 Å². The Labute approximate surface area is 127 Å². The first-order chi connectivity index (χ1) is 10.1. The molecule has 0 spiro atoms. The van der Waals surface area contributed by atoms with E-state index in [1.54, 1.807) is 6.07 Å². The number of carbonyl (C=O) groups is 1. The summed E-state index contributed by atoms with van der Waals surface area (Å²) in [7, 11) is 0. The van der Waals surface area contributed by atoms with Gasteiger partial charge in [0.15, 0.2) is 17.3 Å². The van der Waals surface area contributed by atoms with Crippen LogP contribution in [0.2, 0.25) is 0 Å². The van der Waals surface area contributed by atoms with Crippen molar-refractivity contribution in [2.75, 3.05) is 19.8 Å². The van der Waals surface area contributed by atoms with Gasteiger partial charge in [-0.3, -0.25) is 4.79 Å². The summed E-state index contributed by atoms with van der Waals surface area (Å²) in [6.45, 7) is 10.0. The Morgan fingerprint density at radius 1 is 1.14 bits per heavy atom. The SMILES string of the molecule is CCOc1ccc(C(=O)CCCNC(C)C)cc1OCC. The Balaban J connectivity index is 2.64. The molecule has 21 heavy (non-hydrogen) atoms. The average Bonchev–Trinajstić information content (AvgIpc) is 2.45. The van der Waals surface area contributed by atoms with E-state index >= 15 is 0 Å². The van der Waals surface area contributed by atoms with Gasteiger partial charge in [0, 0.05) is 18.0 Å². The van der Waals surface area contributed by atoms with Crippen molar-refractivity contribution in [2.24, 2.45) is 0 Å². The molecule has 0 aromatic heterocycles. The van der Waals surface area contributed by atoms with Crippen molar-refractivity contribution in [2.45, 2.75) is 46.6 Å². The fourth-order valence-corrected chi connectivity index (χ4v) is 2.01. The molecule has 4 heteroatoms. The third-order valence-corrected chi connectivity index (χ3v) is 3.00. The van der Waals surface area contributed by atoms with Gasteiger partial charge in [-0.2, -0.15) is 0 Å². The van der Waals surface area contributed by atoms with Crippen LogP contribution in [0, 0.1) is 0 Å². The number of hydrogen-bond acceptors (Lipinski definition) is 4. The van der Waals surface area contributed by atoms with Gasteiger partial charge in [0.25, 0.3) is 0 Å². The second-order valence-corrected chi connectivity index (χ2v) is 5.16. The Morgan fingerprint density at radius 3 is 2.43 bits per heavy atom. The summed E-state index contributed by atoms with van der Waals surface area (Å²) in [5.41, 5.74) is 0.687. The van der Waals surface area contributed by atoms with Crippen LogP contribution in [0.4, 0.5) is 0 Å². The molecule has 0 aliphatic heterocycles. The van der Waals surface area contributed by atoms with E-state index in [2.05, 4.69) is 19.2 Å². The predicted molar refractivity (Wildman–Crippen MR) is 85.5 cm³/mol. The first-order valence-corrected chi connectivity index (χ1v) is 7.74. The molecule has 0 aliphatic rings. The summed E-state index contributed by atoms with van der Waals surface area (Å²) in [5.74, 6) is 1.48. The lowest BCUT2D eigenvalue weighted by atomic mass is 10.1. The molecule has 0 bridgehead atoms. The molecule has 0 amide bonds. The van der Waals surface area contributed by atoms with Gasteiger partial charge in [-0.05, 0) is 45.0 Å². The zero-order chi connectivity index (χ0) is 15.7. The number of ether oxygens (including phenoxy) is 2. The highest BCUT2D eigenvalue weighted by Gasteiger charge is 2.11. The van der Waals surface area contributed by atoms with Crippen LogP contribution in [0.15, 0.2) is 18.2 Å². The highest BCUT2D eigenvalue weighted by Crippen LogP contribution is 2.29. The molecule has 0 atom stereocenters. The van der Waals surface area contributed by atoms with Crippen molar-refractivity contribution in [3.8, 4) is 11.5 Å². The molecule has 118 valence electrons. The zero-order valence-corrected chi connectivity index (χ0v) is 13.6. The van der Waals surface area contributed by atoms with Crippen LogP contribution < -0.4 is 14.8 Å². The van der Waals surface area contributed by atoms with Crippen molar-refractivity contribution in [3.63, 3.8) is 0 Å².